The van der Waals surface area contributed by atoms with Crippen molar-refractivity contribution in [2.45, 2.75) is 17.9 Å². The first-order chi connectivity index (χ1) is 8.97. The molecule has 0 saturated carbocycles. The Morgan fingerprint density at radius 2 is 1.85 bits per heavy atom. The SMILES string of the molecule is O=C(O)c1c(C(F)(F)F)cnc(CBr)c1OC(F)(F)F. The third-order valence-electron chi connectivity index (χ3n) is 1.97. The van der Waals surface area contributed by atoms with Crippen LogP contribution in [0.4, 0.5) is 26.3 Å². The predicted octanol–water partition coefficient (Wildman–Crippen LogP) is 3.59. The van der Waals surface area contributed by atoms with E-state index < -0.39 is 46.4 Å². The molecule has 0 unspecified atom stereocenters. The van der Waals surface area contributed by atoms with Gasteiger partial charge in [-0.3, -0.25) is 4.98 Å². The molecule has 1 rings (SSSR count). The summed E-state index contributed by atoms with van der Waals surface area (Å²) < 4.78 is 77.8. The first kappa shape index (κ1) is 16.5. The zero-order valence-corrected chi connectivity index (χ0v) is 10.7. The van der Waals surface area contributed by atoms with E-state index in [2.05, 4.69) is 25.7 Å². The van der Waals surface area contributed by atoms with Crippen molar-refractivity contribution in [1.29, 1.82) is 0 Å². The molecule has 1 heterocycles. The Kier molecular flexibility index (Phi) is 4.52. The van der Waals surface area contributed by atoms with E-state index in [4.69, 9.17) is 5.11 Å². The number of aromatic nitrogens is 1. The molecular formula is C9H4BrF6NO3. The summed E-state index contributed by atoms with van der Waals surface area (Å²) in [6.07, 6.45) is -10.4. The van der Waals surface area contributed by atoms with E-state index in [1.54, 1.807) is 0 Å². The lowest BCUT2D eigenvalue weighted by atomic mass is 10.1. The van der Waals surface area contributed by atoms with Gasteiger partial charge in [-0.15, -0.1) is 13.2 Å². The van der Waals surface area contributed by atoms with Crippen LogP contribution < -0.4 is 4.74 Å². The van der Waals surface area contributed by atoms with Crippen molar-refractivity contribution in [3.05, 3.63) is 23.0 Å². The monoisotopic (exact) mass is 367 g/mol. The smallest absolute Gasteiger partial charge is 0.478 e. The van der Waals surface area contributed by atoms with Crippen molar-refractivity contribution < 1.29 is 41.0 Å². The standard InChI is InChI=1S/C9H4BrF6NO3/c10-1-4-6(20-9(14,15)16)5(7(18)19)3(2-17-4)8(11,12)13/h2H,1H2,(H,18,19). The molecule has 0 atom stereocenters. The van der Waals surface area contributed by atoms with Crippen LogP contribution in [0.5, 0.6) is 5.75 Å². The van der Waals surface area contributed by atoms with Gasteiger partial charge in [0, 0.05) is 11.5 Å². The van der Waals surface area contributed by atoms with Crippen LogP contribution in [0.25, 0.3) is 0 Å². The maximum absolute atomic E-state index is 12.6. The van der Waals surface area contributed by atoms with Crippen LogP contribution >= 0.6 is 15.9 Å². The molecule has 0 bridgehead atoms. The quantitative estimate of drug-likeness (QED) is 0.655. The van der Waals surface area contributed by atoms with E-state index in [1.807, 2.05) is 0 Å². The van der Waals surface area contributed by atoms with E-state index in [1.165, 1.54) is 0 Å². The minimum Gasteiger partial charge on any atom is -0.478 e. The second-order valence-corrected chi connectivity index (χ2v) is 3.87. The number of ether oxygens (including phenoxy) is 1. The van der Waals surface area contributed by atoms with Gasteiger partial charge in [0.05, 0.1) is 11.3 Å². The molecule has 0 aliphatic heterocycles. The fourth-order valence-corrected chi connectivity index (χ4v) is 1.68. The summed E-state index contributed by atoms with van der Waals surface area (Å²) in [6, 6.07) is 0. The number of rotatable bonds is 3. The minimum atomic E-state index is -5.35. The van der Waals surface area contributed by atoms with Crippen LogP contribution in [0.15, 0.2) is 6.20 Å². The van der Waals surface area contributed by atoms with Gasteiger partial charge in [-0.25, -0.2) is 4.79 Å². The molecule has 0 amide bonds. The lowest BCUT2D eigenvalue weighted by molar-refractivity contribution is -0.275. The lowest BCUT2D eigenvalue weighted by Crippen LogP contribution is -2.23. The largest absolute Gasteiger partial charge is 0.573 e. The van der Waals surface area contributed by atoms with Crippen LogP contribution in [0.1, 0.15) is 21.6 Å². The fraction of sp³-hybridized carbons (Fsp3) is 0.333. The van der Waals surface area contributed by atoms with Crippen molar-refractivity contribution in [3.63, 3.8) is 0 Å². The highest BCUT2D eigenvalue weighted by Crippen LogP contribution is 2.39. The van der Waals surface area contributed by atoms with Gasteiger partial charge in [-0.05, 0) is 0 Å². The number of carbonyl (C=O) groups is 1. The zero-order valence-electron chi connectivity index (χ0n) is 9.14. The van der Waals surface area contributed by atoms with E-state index in [9.17, 15) is 31.1 Å². The number of hydrogen-bond acceptors (Lipinski definition) is 3. The number of alkyl halides is 7. The molecule has 1 aromatic heterocycles. The summed E-state index contributed by atoms with van der Waals surface area (Å²) in [5, 5.41) is 8.32. The highest BCUT2D eigenvalue weighted by atomic mass is 79.9. The van der Waals surface area contributed by atoms with Crippen LogP contribution in [-0.4, -0.2) is 22.4 Å². The molecule has 0 aliphatic carbocycles. The van der Waals surface area contributed by atoms with Crippen LogP contribution in [0.2, 0.25) is 0 Å². The Hall–Kier alpha value is -1.52. The molecule has 0 aromatic carbocycles. The third-order valence-corrected chi connectivity index (χ3v) is 2.50. The van der Waals surface area contributed by atoms with Crippen molar-refractivity contribution in [2.75, 3.05) is 0 Å². The van der Waals surface area contributed by atoms with Gasteiger partial charge in [0.25, 0.3) is 0 Å². The first-order valence-corrected chi connectivity index (χ1v) is 5.73. The van der Waals surface area contributed by atoms with Gasteiger partial charge in [0.15, 0.2) is 5.75 Å². The van der Waals surface area contributed by atoms with Crippen molar-refractivity contribution >= 4 is 21.9 Å². The number of carboxylic acids is 1. The molecule has 4 nitrogen and oxygen atoms in total. The number of pyridine rings is 1. The molecular weight excluding hydrogens is 364 g/mol. The molecule has 0 saturated heterocycles. The molecule has 11 heteroatoms. The Bertz CT molecular complexity index is 528. The summed E-state index contributed by atoms with van der Waals surface area (Å²) >= 11 is 2.69. The number of carboxylic acid groups (broad SMARTS) is 1. The Labute approximate surface area is 115 Å². The summed E-state index contributed by atoms with van der Waals surface area (Å²) in [5.74, 6) is -3.70. The number of nitrogens with zero attached hydrogens (tertiary/aromatic N) is 1. The number of hydrogen-bond donors (Lipinski definition) is 1. The highest BCUT2D eigenvalue weighted by Gasteiger charge is 2.42. The second kappa shape index (κ2) is 5.46. The lowest BCUT2D eigenvalue weighted by Gasteiger charge is -2.17. The van der Waals surface area contributed by atoms with E-state index in [0.717, 1.165) is 0 Å². The van der Waals surface area contributed by atoms with Crippen LogP contribution in [-0.2, 0) is 11.5 Å². The highest BCUT2D eigenvalue weighted by molar-refractivity contribution is 9.08. The summed E-state index contributed by atoms with van der Waals surface area (Å²) in [5.41, 5.74) is -4.08. The van der Waals surface area contributed by atoms with Gasteiger partial charge >= 0.3 is 18.5 Å². The molecule has 1 aromatic rings. The van der Waals surface area contributed by atoms with Crippen molar-refractivity contribution in [3.8, 4) is 5.75 Å². The molecule has 0 radical (unpaired) electrons. The second-order valence-electron chi connectivity index (χ2n) is 3.31. The van der Waals surface area contributed by atoms with E-state index in [-0.39, 0.29) is 6.20 Å². The van der Waals surface area contributed by atoms with E-state index >= 15 is 0 Å². The average molecular weight is 368 g/mol. The maximum Gasteiger partial charge on any atom is 0.573 e. The predicted molar refractivity (Wildman–Crippen MR) is 55.5 cm³/mol. The van der Waals surface area contributed by atoms with Crippen molar-refractivity contribution in [1.82, 2.24) is 4.98 Å². The van der Waals surface area contributed by atoms with Gasteiger partial charge in [-0.1, -0.05) is 15.9 Å². The third kappa shape index (κ3) is 3.74. The summed E-state index contributed by atoms with van der Waals surface area (Å²) in [4.78, 5) is 14.0. The fourth-order valence-electron chi connectivity index (χ4n) is 1.28. The number of halogens is 7. The number of aromatic carboxylic acids is 1. The average Bonchev–Trinajstić information content (AvgIpc) is 2.24. The molecule has 112 valence electrons. The maximum atomic E-state index is 12.6. The summed E-state index contributed by atoms with van der Waals surface area (Å²) in [6.45, 7) is 0. The Morgan fingerprint density at radius 3 is 2.20 bits per heavy atom. The Morgan fingerprint density at radius 1 is 1.30 bits per heavy atom. The van der Waals surface area contributed by atoms with Crippen molar-refractivity contribution in [2.24, 2.45) is 0 Å². The zero-order chi connectivity index (χ0) is 15.7. The minimum absolute atomic E-state index is 0.142. The molecule has 0 fully saturated rings. The normalized spacial score (nSPS) is 12.3. The molecule has 1 N–H and O–H groups in total. The first-order valence-electron chi connectivity index (χ1n) is 4.61. The van der Waals surface area contributed by atoms with Gasteiger partial charge in [-0.2, -0.15) is 13.2 Å². The van der Waals surface area contributed by atoms with Gasteiger partial charge in [0.2, 0.25) is 0 Å². The van der Waals surface area contributed by atoms with Crippen LogP contribution in [0, 0.1) is 0 Å². The van der Waals surface area contributed by atoms with Crippen LogP contribution in [0.3, 0.4) is 0 Å². The summed E-state index contributed by atoms with van der Waals surface area (Å²) in [7, 11) is 0. The Balaban J connectivity index is 3.62. The molecule has 0 spiro atoms. The van der Waals surface area contributed by atoms with Gasteiger partial charge in [0.1, 0.15) is 5.56 Å². The molecule has 0 aliphatic rings. The molecule has 20 heavy (non-hydrogen) atoms. The van der Waals surface area contributed by atoms with Gasteiger partial charge < -0.3 is 9.84 Å². The topological polar surface area (TPSA) is 59.4 Å². The van der Waals surface area contributed by atoms with E-state index in [0.29, 0.717) is 0 Å².